The van der Waals surface area contributed by atoms with Crippen LogP contribution in [0.3, 0.4) is 0 Å². The van der Waals surface area contributed by atoms with Crippen LogP contribution >= 0.6 is 15.9 Å². The third-order valence-corrected chi connectivity index (χ3v) is 4.58. The van der Waals surface area contributed by atoms with Crippen LogP contribution in [0.15, 0.2) is 53.3 Å². The molecule has 124 valence electrons. The fraction of sp³-hybridized carbons (Fsp3) is 0.278. The lowest BCUT2D eigenvalue weighted by Gasteiger charge is -2.31. The monoisotopic (exact) mass is 387 g/mol. The average Bonchev–Trinajstić information content (AvgIpc) is 2.62. The number of piperidine rings is 1. The molecule has 1 saturated heterocycles. The van der Waals surface area contributed by atoms with Gasteiger partial charge >= 0.3 is 0 Å². The molecule has 1 fully saturated rings. The van der Waals surface area contributed by atoms with Crippen molar-refractivity contribution in [3.63, 3.8) is 0 Å². The molecular weight excluding hydrogens is 370 g/mol. The Hall–Kier alpha value is -2.21. The van der Waals surface area contributed by atoms with Crippen LogP contribution in [-0.4, -0.2) is 34.8 Å². The highest BCUT2D eigenvalue weighted by atomic mass is 79.9. The molecule has 1 aliphatic heterocycles. The summed E-state index contributed by atoms with van der Waals surface area (Å²) in [7, 11) is 0. The van der Waals surface area contributed by atoms with Gasteiger partial charge in [0.15, 0.2) is 0 Å². The first-order chi connectivity index (χ1) is 11.6. The summed E-state index contributed by atoms with van der Waals surface area (Å²) in [4.78, 5) is 30.6. The lowest BCUT2D eigenvalue weighted by Crippen LogP contribution is -2.41. The van der Waals surface area contributed by atoms with Crippen LogP contribution < -0.4 is 5.32 Å². The summed E-state index contributed by atoms with van der Waals surface area (Å²) in [6, 6.07) is 11.2. The molecule has 0 bridgehead atoms. The number of aromatic nitrogens is 1. The minimum atomic E-state index is -0.0603. The molecule has 1 N–H and O–H groups in total. The van der Waals surface area contributed by atoms with E-state index >= 15 is 0 Å². The van der Waals surface area contributed by atoms with Crippen molar-refractivity contribution in [3.05, 3.63) is 58.8 Å². The maximum Gasteiger partial charge on any atom is 0.255 e. The van der Waals surface area contributed by atoms with E-state index in [9.17, 15) is 9.59 Å². The molecule has 1 aliphatic rings. The number of para-hydroxylation sites is 1. The summed E-state index contributed by atoms with van der Waals surface area (Å²) in [5.41, 5.74) is 1.37. The van der Waals surface area contributed by atoms with Crippen molar-refractivity contribution < 1.29 is 9.59 Å². The number of rotatable bonds is 3. The van der Waals surface area contributed by atoms with Gasteiger partial charge in [0.2, 0.25) is 5.91 Å². The maximum absolute atomic E-state index is 12.5. The van der Waals surface area contributed by atoms with Gasteiger partial charge in [0.25, 0.3) is 5.91 Å². The molecule has 0 spiro atoms. The summed E-state index contributed by atoms with van der Waals surface area (Å²) < 4.78 is 0.783. The number of nitrogens with one attached hydrogen (secondary N) is 1. The molecule has 2 aromatic rings. The van der Waals surface area contributed by atoms with E-state index in [0.717, 1.165) is 10.2 Å². The lowest BCUT2D eigenvalue weighted by molar-refractivity contribution is -0.121. The van der Waals surface area contributed by atoms with E-state index in [-0.39, 0.29) is 17.7 Å². The zero-order valence-electron chi connectivity index (χ0n) is 13.1. The number of nitrogens with zero attached hydrogens (tertiary/aromatic N) is 2. The molecule has 0 aliphatic carbocycles. The van der Waals surface area contributed by atoms with Crippen molar-refractivity contribution in [2.75, 3.05) is 18.4 Å². The van der Waals surface area contributed by atoms with E-state index in [1.807, 2.05) is 30.3 Å². The van der Waals surface area contributed by atoms with Crippen LogP contribution in [0.25, 0.3) is 0 Å². The highest BCUT2D eigenvalue weighted by molar-refractivity contribution is 9.10. The minimum Gasteiger partial charge on any atom is -0.339 e. The molecular formula is C18H18BrN3O2. The molecule has 0 atom stereocenters. The largest absolute Gasteiger partial charge is 0.339 e. The number of likely N-dealkylation sites (tertiary alicyclic amines) is 1. The zero-order valence-corrected chi connectivity index (χ0v) is 14.7. The van der Waals surface area contributed by atoms with Crippen molar-refractivity contribution >= 4 is 33.4 Å². The van der Waals surface area contributed by atoms with E-state index in [1.54, 1.807) is 23.4 Å². The van der Waals surface area contributed by atoms with E-state index in [4.69, 9.17) is 0 Å². The van der Waals surface area contributed by atoms with Crippen LogP contribution in [0.4, 0.5) is 5.69 Å². The predicted molar refractivity (Wildman–Crippen MR) is 95.6 cm³/mol. The quantitative estimate of drug-likeness (QED) is 0.878. The van der Waals surface area contributed by atoms with Crippen LogP contribution in [0.2, 0.25) is 0 Å². The van der Waals surface area contributed by atoms with Gasteiger partial charge in [-0.2, -0.15) is 0 Å². The highest BCUT2D eigenvalue weighted by Gasteiger charge is 2.28. The van der Waals surface area contributed by atoms with Gasteiger partial charge in [-0.25, -0.2) is 0 Å². The van der Waals surface area contributed by atoms with Gasteiger partial charge in [-0.3, -0.25) is 14.6 Å². The third-order valence-electron chi connectivity index (χ3n) is 4.15. The van der Waals surface area contributed by atoms with Crippen molar-refractivity contribution in [1.82, 2.24) is 9.88 Å². The van der Waals surface area contributed by atoms with Gasteiger partial charge < -0.3 is 10.2 Å². The Balaban J connectivity index is 1.55. The third kappa shape index (κ3) is 4.00. The summed E-state index contributed by atoms with van der Waals surface area (Å²) in [5, 5.41) is 2.94. The Kier molecular flexibility index (Phi) is 5.25. The molecule has 5 nitrogen and oxygen atoms in total. The molecule has 1 aromatic heterocycles. The number of benzene rings is 1. The second kappa shape index (κ2) is 7.57. The summed E-state index contributed by atoms with van der Waals surface area (Å²) in [6.07, 6.45) is 4.57. The minimum absolute atomic E-state index is 0.0254. The molecule has 2 amide bonds. The van der Waals surface area contributed by atoms with Crippen LogP contribution in [0.5, 0.6) is 0 Å². The van der Waals surface area contributed by atoms with Gasteiger partial charge in [0.05, 0.1) is 5.56 Å². The number of halogens is 1. The Bertz CT molecular complexity index is 728. The Labute approximate surface area is 149 Å². The number of hydrogen-bond donors (Lipinski definition) is 1. The summed E-state index contributed by atoms with van der Waals surface area (Å²) in [6.45, 7) is 1.16. The first-order valence-corrected chi connectivity index (χ1v) is 8.68. The fourth-order valence-electron chi connectivity index (χ4n) is 2.82. The van der Waals surface area contributed by atoms with Gasteiger partial charge in [0, 0.05) is 41.6 Å². The Morgan fingerprint density at radius 1 is 1.12 bits per heavy atom. The summed E-state index contributed by atoms with van der Waals surface area (Å²) in [5.74, 6) is -0.0713. The molecule has 2 heterocycles. The predicted octanol–water partition coefficient (Wildman–Crippen LogP) is 3.34. The SMILES string of the molecule is O=C(Nc1ccccc1)C1CCN(C(=O)c2cncc(Br)c2)CC1. The van der Waals surface area contributed by atoms with Crippen LogP contribution in [-0.2, 0) is 4.79 Å². The second-order valence-corrected chi connectivity index (χ2v) is 6.73. The Morgan fingerprint density at radius 3 is 2.50 bits per heavy atom. The van der Waals surface area contributed by atoms with Crippen LogP contribution in [0.1, 0.15) is 23.2 Å². The zero-order chi connectivity index (χ0) is 16.9. The maximum atomic E-state index is 12.5. The number of amides is 2. The van der Waals surface area contributed by atoms with Crippen molar-refractivity contribution in [3.8, 4) is 0 Å². The molecule has 1 aromatic carbocycles. The van der Waals surface area contributed by atoms with E-state index < -0.39 is 0 Å². The normalized spacial score (nSPS) is 15.1. The van der Waals surface area contributed by atoms with Crippen molar-refractivity contribution in [2.24, 2.45) is 5.92 Å². The second-order valence-electron chi connectivity index (χ2n) is 5.81. The molecule has 0 radical (unpaired) electrons. The highest BCUT2D eigenvalue weighted by Crippen LogP contribution is 2.21. The fourth-order valence-corrected chi connectivity index (χ4v) is 3.19. The van der Waals surface area contributed by atoms with Gasteiger partial charge in [-0.15, -0.1) is 0 Å². The van der Waals surface area contributed by atoms with Gasteiger partial charge in [-0.05, 0) is 47.0 Å². The first kappa shape index (κ1) is 16.6. The number of hydrogen-bond acceptors (Lipinski definition) is 3. The molecule has 24 heavy (non-hydrogen) atoms. The first-order valence-electron chi connectivity index (χ1n) is 7.89. The lowest BCUT2D eigenvalue weighted by atomic mass is 9.95. The van der Waals surface area contributed by atoms with E-state index in [1.165, 1.54) is 0 Å². The van der Waals surface area contributed by atoms with Crippen LogP contribution in [0, 0.1) is 5.92 Å². The van der Waals surface area contributed by atoms with E-state index in [0.29, 0.717) is 31.5 Å². The number of carbonyl (C=O) groups excluding carboxylic acids is 2. The molecule has 6 heteroatoms. The number of pyridine rings is 1. The smallest absolute Gasteiger partial charge is 0.255 e. The van der Waals surface area contributed by atoms with Crippen molar-refractivity contribution in [2.45, 2.75) is 12.8 Å². The van der Waals surface area contributed by atoms with Gasteiger partial charge in [-0.1, -0.05) is 18.2 Å². The average molecular weight is 388 g/mol. The topological polar surface area (TPSA) is 62.3 Å². The standard InChI is InChI=1S/C18H18BrN3O2/c19-15-10-14(11-20-12-15)18(24)22-8-6-13(7-9-22)17(23)21-16-4-2-1-3-5-16/h1-5,10-13H,6-9H2,(H,21,23). The molecule has 0 unspecified atom stereocenters. The Morgan fingerprint density at radius 2 is 1.83 bits per heavy atom. The number of anilines is 1. The molecule has 3 rings (SSSR count). The van der Waals surface area contributed by atoms with Crippen molar-refractivity contribution in [1.29, 1.82) is 0 Å². The van der Waals surface area contributed by atoms with E-state index in [2.05, 4.69) is 26.2 Å². The molecule has 0 saturated carbocycles. The van der Waals surface area contributed by atoms with Gasteiger partial charge in [0.1, 0.15) is 0 Å². The number of carbonyl (C=O) groups is 2. The summed E-state index contributed by atoms with van der Waals surface area (Å²) >= 11 is 3.33.